The predicted octanol–water partition coefficient (Wildman–Crippen LogP) is 6.26. The number of aromatic hydroxyl groups is 1. The summed E-state index contributed by atoms with van der Waals surface area (Å²) in [7, 11) is 0. The van der Waals surface area contributed by atoms with Crippen LogP contribution < -0.4 is 0 Å². The Morgan fingerprint density at radius 1 is 1.15 bits per heavy atom. The van der Waals surface area contributed by atoms with Crippen LogP contribution in [0.15, 0.2) is 62.3 Å². The number of halogens is 2. The van der Waals surface area contributed by atoms with Gasteiger partial charge in [-0.3, -0.25) is 14.3 Å². The second-order valence-electron chi connectivity index (χ2n) is 8.06. The molecule has 1 N–H and O–H groups in total. The number of carbonyl (C=O) groups is 1. The van der Waals surface area contributed by atoms with E-state index in [0.29, 0.717) is 22.6 Å². The van der Waals surface area contributed by atoms with Crippen LogP contribution in [0.1, 0.15) is 31.2 Å². The number of nitrogens with zero attached hydrogens (tertiary/aromatic N) is 5. The molecule has 3 aromatic rings. The largest absolute Gasteiger partial charge is 0.493 e. The molecule has 1 aliphatic rings. The molecule has 1 aromatic heterocycles. The smallest absolute Gasteiger partial charge is 0.304 e. The number of hydrogen-bond acceptors (Lipinski definition) is 6. The Morgan fingerprint density at radius 2 is 1.91 bits per heavy atom. The number of amides is 1. The molecule has 34 heavy (non-hydrogen) atoms. The zero-order valence-corrected chi connectivity index (χ0v) is 20.9. The SMILES string of the molecule is O=C(CO/N=C\c1ccccc1Cl)N=Nc1c(O)n(CN2CCCCCC2)c2ccc(Br)cc12. The summed E-state index contributed by atoms with van der Waals surface area (Å²) < 4.78 is 2.66. The lowest BCUT2D eigenvalue weighted by Crippen LogP contribution is -2.27. The third-order valence-electron chi connectivity index (χ3n) is 5.63. The maximum absolute atomic E-state index is 12.2. The number of hydrogen-bond donors (Lipinski definition) is 1. The lowest BCUT2D eigenvalue weighted by atomic mass is 10.2. The van der Waals surface area contributed by atoms with Crippen LogP contribution in [0.5, 0.6) is 5.88 Å². The highest BCUT2D eigenvalue weighted by atomic mass is 79.9. The molecule has 0 atom stereocenters. The van der Waals surface area contributed by atoms with Gasteiger partial charge in [0.2, 0.25) is 5.88 Å². The van der Waals surface area contributed by atoms with Crippen LogP contribution in [-0.2, 0) is 16.3 Å². The van der Waals surface area contributed by atoms with Crippen LogP contribution >= 0.6 is 27.5 Å². The second-order valence-corrected chi connectivity index (χ2v) is 9.38. The maximum atomic E-state index is 12.2. The Kier molecular flexibility index (Phi) is 8.31. The summed E-state index contributed by atoms with van der Waals surface area (Å²) in [6.45, 7) is 2.13. The van der Waals surface area contributed by atoms with Crippen LogP contribution in [0.25, 0.3) is 10.9 Å². The highest BCUT2D eigenvalue weighted by Crippen LogP contribution is 2.40. The number of benzene rings is 2. The van der Waals surface area contributed by atoms with Crippen LogP contribution in [0, 0.1) is 0 Å². The molecule has 1 amide bonds. The van der Waals surface area contributed by atoms with Gasteiger partial charge in [0, 0.05) is 20.4 Å². The standard InChI is InChI=1S/C24H25BrClN5O3/c25-18-9-10-21-19(13-18)23(24(33)31(21)16-30-11-5-1-2-6-12-30)29-28-22(32)15-34-27-14-17-7-3-4-8-20(17)26/h3-4,7-10,13-14,33H,1-2,5-6,11-12,15-16H2/b27-14-,29-28?. The van der Waals surface area contributed by atoms with Crippen molar-refractivity contribution in [3.63, 3.8) is 0 Å². The molecule has 0 spiro atoms. The summed E-state index contributed by atoms with van der Waals surface area (Å²) in [5, 5.41) is 23.8. The summed E-state index contributed by atoms with van der Waals surface area (Å²) in [5.74, 6) is -0.648. The fourth-order valence-electron chi connectivity index (χ4n) is 3.92. The van der Waals surface area contributed by atoms with E-state index in [2.05, 4.69) is 36.2 Å². The molecule has 0 saturated carbocycles. The Bertz CT molecular complexity index is 1220. The molecule has 2 aromatic carbocycles. The summed E-state index contributed by atoms with van der Waals surface area (Å²) in [6, 6.07) is 12.8. The molecule has 0 radical (unpaired) electrons. The van der Waals surface area contributed by atoms with Crippen molar-refractivity contribution >= 4 is 56.2 Å². The van der Waals surface area contributed by atoms with E-state index in [4.69, 9.17) is 16.4 Å². The van der Waals surface area contributed by atoms with Gasteiger partial charge in [0.05, 0.1) is 18.4 Å². The van der Waals surface area contributed by atoms with E-state index >= 15 is 0 Å². The molecule has 1 saturated heterocycles. The zero-order chi connectivity index (χ0) is 23.9. The highest BCUT2D eigenvalue weighted by molar-refractivity contribution is 9.10. The summed E-state index contributed by atoms with van der Waals surface area (Å²) in [6.07, 6.45) is 6.17. The first kappa shape index (κ1) is 24.4. The number of azo groups is 1. The summed E-state index contributed by atoms with van der Waals surface area (Å²) >= 11 is 9.52. The van der Waals surface area contributed by atoms with E-state index in [9.17, 15) is 9.90 Å². The maximum Gasteiger partial charge on any atom is 0.304 e. The average Bonchev–Trinajstić information content (AvgIpc) is 2.98. The molecule has 1 aliphatic heterocycles. The number of oxime groups is 1. The van der Waals surface area contributed by atoms with Crippen molar-refractivity contribution < 1.29 is 14.7 Å². The molecule has 2 heterocycles. The van der Waals surface area contributed by atoms with E-state index in [1.807, 2.05) is 34.9 Å². The first-order valence-electron chi connectivity index (χ1n) is 11.1. The van der Waals surface area contributed by atoms with Gasteiger partial charge in [-0.15, -0.1) is 10.2 Å². The molecule has 178 valence electrons. The van der Waals surface area contributed by atoms with E-state index < -0.39 is 5.91 Å². The van der Waals surface area contributed by atoms with Crippen molar-refractivity contribution in [1.82, 2.24) is 9.47 Å². The monoisotopic (exact) mass is 545 g/mol. The van der Waals surface area contributed by atoms with Gasteiger partial charge in [-0.05, 0) is 50.2 Å². The minimum atomic E-state index is -0.626. The average molecular weight is 547 g/mol. The number of likely N-dealkylation sites (tertiary alicyclic amines) is 1. The Morgan fingerprint density at radius 3 is 2.68 bits per heavy atom. The summed E-state index contributed by atoms with van der Waals surface area (Å²) in [4.78, 5) is 19.5. The number of rotatable bonds is 7. The lowest BCUT2D eigenvalue weighted by molar-refractivity contribution is -0.122. The van der Waals surface area contributed by atoms with Gasteiger partial charge < -0.3 is 9.94 Å². The number of fused-ring (bicyclic) bond motifs is 1. The van der Waals surface area contributed by atoms with Gasteiger partial charge in [-0.25, -0.2) is 0 Å². The van der Waals surface area contributed by atoms with Crippen LogP contribution in [0.3, 0.4) is 0 Å². The Hall–Kier alpha value is -2.75. The first-order chi connectivity index (χ1) is 16.5. The van der Waals surface area contributed by atoms with Crippen molar-refractivity contribution in [2.45, 2.75) is 32.4 Å². The van der Waals surface area contributed by atoms with E-state index in [-0.39, 0.29) is 18.2 Å². The third kappa shape index (κ3) is 6.02. The quantitative estimate of drug-likeness (QED) is 0.215. The topological polar surface area (TPSA) is 91.8 Å². The van der Waals surface area contributed by atoms with Gasteiger partial charge in [0.25, 0.3) is 0 Å². The molecule has 0 bridgehead atoms. The van der Waals surface area contributed by atoms with Crippen LogP contribution in [0.4, 0.5) is 5.69 Å². The molecule has 4 rings (SSSR count). The number of carbonyl (C=O) groups excluding carboxylic acids is 1. The molecule has 1 fully saturated rings. The van der Waals surface area contributed by atoms with Crippen molar-refractivity contribution in [1.29, 1.82) is 0 Å². The first-order valence-corrected chi connectivity index (χ1v) is 12.3. The van der Waals surface area contributed by atoms with Gasteiger partial charge in [0.15, 0.2) is 12.3 Å². The Balaban J connectivity index is 1.48. The fourth-order valence-corrected chi connectivity index (χ4v) is 4.46. The fraction of sp³-hybridized carbons (Fsp3) is 0.333. The van der Waals surface area contributed by atoms with E-state index in [1.54, 1.807) is 12.1 Å². The molecular formula is C24H25BrClN5O3. The molecule has 10 heteroatoms. The highest BCUT2D eigenvalue weighted by Gasteiger charge is 2.20. The van der Waals surface area contributed by atoms with Crippen molar-refractivity contribution in [3.05, 3.63) is 57.5 Å². The summed E-state index contributed by atoms with van der Waals surface area (Å²) in [5.41, 5.74) is 1.75. The Labute approximate surface area is 211 Å². The van der Waals surface area contributed by atoms with Gasteiger partial charge in [-0.1, -0.05) is 63.7 Å². The van der Waals surface area contributed by atoms with Crippen molar-refractivity contribution in [3.8, 4) is 5.88 Å². The van der Waals surface area contributed by atoms with Gasteiger partial charge in [0.1, 0.15) is 0 Å². The van der Waals surface area contributed by atoms with Crippen molar-refractivity contribution in [2.24, 2.45) is 15.4 Å². The van der Waals surface area contributed by atoms with Gasteiger partial charge >= 0.3 is 5.91 Å². The number of aromatic nitrogens is 1. The third-order valence-corrected chi connectivity index (χ3v) is 6.47. The second kappa shape index (κ2) is 11.6. The van der Waals surface area contributed by atoms with Crippen LogP contribution in [0.2, 0.25) is 5.02 Å². The molecule has 0 unspecified atom stereocenters. The minimum absolute atomic E-state index is 0.0217. The molecule has 8 nitrogen and oxygen atoms in total. The molecular weight excluding hydrogens is 522 g/mol. The lowest BCUT2D eigenvalue weighted by Gasteiger charge is -2.21. The minimum Gasteiger partial charge on any atom is -0.493 e. The predicted molar refractivity (Wildman–Crippen MR) is 136 cm³/mol. The normalized spacial score (nSPS) is 15.4. The van der Waals surface area contributed by atoms with E-state index in [1.165, 1.54) is 19.1 Å². The van der Waals surface area contributed by atoms with Crippen LogP contribution in [-0.4, -0.2) is 46.4 Å². The van der Waals surface area contributed by atoms with Crippen molar-refractivity contribution in [2.75, 3.05) is 19.7 Å². The molecule has 0 aliphatic carbocycles. The zero-order valence-electron chi connectivity index (χ0n) is 18.5. The van der Waals surface area contributed by atoms with Gasteiger partial charge in [-0.2, -0.15) is 0 Å². The van der Waals surface area contributed by atoms with E-state index in [0.717, 1.165) is 35.9 Å².